The molecule has 0 aliphatic carbocycles. The van der Waals surface area contributed by atoms with Gasteiger partial charge in [-0.2, -0.15) is 0 Å². The highest BCUT2D eigenvalue weighted by atomic mass is 79.9. The summed E-state index contributed by atoms with van der Waals surface area (Å²) >= 11 is 4.85. The van der Waals surface area contributed by atoms with Crippen LogP contribution in [0.1, 0.15) is 28.2 Å². The molecule has 1 aromatic carbocycles. The van der Waals surface area contributed by atoms with Gasteiger partial charge in [0, 0.05) is 10.9 Å². The first-order valence-electron chi connectivity index (χ1n) is 5.69. The quantitative estimate of drug-likeness (QED) is 0.863. The van der Waals surface area contributed by atoms with Crippen LogP contribution in [0.25, 0.3) is 0 Å². The van der Waals surface area contributed by atoms with Gasteiger partial charge < -0.3 is 11.1 Å². The molecule has 106 valence electrons. The number of hydrogen-bond acceptors (Lipinski definition) is 3. The third kappa shape index (κ3) is 3.16. The van der Waals surface area contributed by atoms with Crippen molar-refractivity contribution in [3.8, 4) is 0 Å². The Morgan fingerprint density at radius 2 is 2.05 bits per heavy atom. The van der Waals surface area contributed by atoms with Crippen molar-refractivity contribution in [1.29, 1.82) is 0 Å². The van der Waals surface area contributed by atoms with E-state index in [4.69, 9.17) is 5.73 Å². The summed E-state index contributed by atoms with van der Waals surface area (Å²) in [7, 11) is 0. The van der Waals surface area contributed by atoms with Crippen molar-refractivity contribution in [2.75, 3.05) is 5.32 Å². The van der Waals surface area contributed by atoms with Gasteiger partial charge in [0.05, 0.1) is 21.1 Å². The van der Waals surface area contributed by atoms with Crippen molar-refractivity contribution in [3.63, 3.8) is 0 Å². The standard InChI is InChI=1S/C13H11BrF2N2OS/c1-6(11-2-3-12(14)20-11)18-10-4-7(13(17)19)8(15)5-9(10)16/h2-6,18H,1H3,(H2,17,19). The Balaban J connectivity index is 2.29. The Morgan fingerprint density at radius 1 is 1.35 bits per heavy atom. The molecule has 20 heavy (non-hydrogen) atoms. The van der Waals surface area contributed by atoms with Crippen molar-refractivity contribution in [2.45, 2.75) is 13.0 Å². The van der Waals surface area contributed by atoms with Gasteiger partial charge in [-0.3, -0.25) is 4.79 Å². The number of amides is 1. The van der Waals surface area contributed by atoms with Crippen LogP contribution >= 0.6 is 27.3 Å². The summed E-state index contributed by atoms with van der Waals surface area (Å²) < 4.78 is 28.0. The van der Waals surface area contributed by atoms with E-state index in [2.05, 4.69) is 21.2 Å². The minimum Gasteiger partial charge on any atom is -0.375 e. The molecule has 0 spiro atoms. The number of carbonyl (C=O) groups excluding carboxylic acids is 1. The molecule has 3 N–H and O–H groups in total. The number of primary amides is 1. The fourth-order valence-corrected chi connectivity index (χ4v) is 3.14. The van der Waals surface area contributed by atoms with E-state index in [9.17, 15) is 13.6 Å². The summed E-state index contributed by atoms with van der Waals surface area (Å²) in [6.45, 7) is 1.84. The number of benzene rings is 1. The Hall–Kier alpha value is -1.47. The summed E-state index contributed by atoms with van der Waals surface area (Å²) in [5, 5.41) is 2.90. The molecular weight excluding hydrogens is 350 g/mol. The number of anilines is 1. The molecule has 0 saturated heterocycles. The highest BCUT2D eigenvalue weighted by Gasteiger charge is 2.16. The fourth-order valence-electron chi connectivity index (χ4n) is 1.71. The second-order valence-corrected chi connectivity index (χ2v) is 6.68. The molecule has 0 bridgehead atoms. The maximum Gasteiger partial charge on any atom is 0.251 e. The van der Waals surface area contributed by atoms with Crippen LogP contribution in [-0.4, -0.2) is 5.91 Å². The Bertz CT molecular complexity index is 660. The van der Waals surface area contributed by atoms with E-state index in [1.807, 2.05) is 19.1 Å². The van der Waals surface area contributed by atoms with Crippen molar-refractivity contribution in [1.82, 2.24) is 0 Å². The monoisotopic (exact) mass is 360 g/mol. The van der Waals surface area contributed by atoms with Crippen molar-refractivity contribution in [2.24, 2.45) is 5.73 Å². The molecule has 0 aliphatic heterocycles. The van der Waals surface area contributed by atoms with Crippen LogP contribution in [0.3, 0.4) is 0 Å². The van der Waals surface area contributed by atoms with Gasteiger partial charge in [0.1, 0.15) is 11.6 Å². The highest BCUT2D eigenvalue weighted by molar-refractivity contribution is 9.11. The van der Waals surface area contributed by atoms with Crippen LogP contribution in [0, 0.1) is 11.6 Å². The molecule has 1 unspecified atom stereocenters. The largest absolute Gasteiger partial charge is 0.375 e. The molecule has 7 heteroatoms. The number of thiophene rings is 1. The number of nitrogens with one attached hydrogen (secondary N) is 1. The lowest BCUT2D eigenvalue weighted by atomic mass is 10.1. The van der Waals surface area contributed by atoms with Gasteiger partial charge in [-0.05, 0) is 41.1 Å². The van der Waals surface area contributed by atoms with Gasteiger partial charge in [0.25, 0.3) is 5.91 Å². The van der Waals surface area contributed by atoms with E-state index < -0.39 is 17.5 Å². The van der Waals surface area contributed by atoms with E-state index in [-0.39, 0.29) is 17.3 Å². The normalized spacial score (nSPS) is 12.2. The number of carbonyl (C=O) groups is 1. The SMILES string of the molecule is CC(Nc1cc(C(N)=O)c(F)cc1F)c1ccc(Br)s1. The molecule has 1 amide bonds. The zero-order valence-electron chi connectivity index (χ0n) is 10.4. The predicted molar refractivity (Wildman–Crippen MR) is 78.9 cm³/mol. The molecular formula is C13H11BrF2N2OS. The first kappa shape index (κ1) is 14.9. The summed E-state index contributed by atoms with van der Waals surface area (Å²) in [6.07, 6.45) is 0. The highest BCUT2D eigenvalue weighted by Crippen LogP contribution is 2.30. The van der Waals surface area contributed by atoms with Gasteiger partial charge in [0.2, 0.25) is 0 Å². The van der Waals surface area contributed by atoms with E-state index in [1.54, 1.807) is 0 Å². The van der Waals surface area contributed by atoms with E-state index in [0.717, 1.165) is 14.7 Å². The lowest BCUT2D eigenvalue weighted by Gasteiger charge is -2.15. The van der Waals surface area contributed by atoms with E-state index in [1.165, 1.54) is 11.3 Å². The zero-order valence-corrected chi connectivity index (χ0v) is 12.8. The predicted octanol–water partition coefficient (Wildman–Crippen LogP) is 4.06. The van der Waals surface area contributed by atoms with Crippen molar-refractivity contribution in [3.05, 3.63) is 50.1 Å². The van der Waals surface area contributed by atoms with Crippen LogP contribution in [0.15, 0.2) is 28.1 Å². The van der Waals surface area contributed by atoms with Gasteiger partial charge in [-0.15, -0.1) is 11.3 Å². The minimum atomic E-state index is -0.966. The summed E-state index contributed by atoms with van der Waals surface area (Å²) in [5.41, 5.74) is 4.75. The molecule has 3 nitrogen and oxygen atoms in total. The molecule has 0 saturated carbocycles. The average molecular weight is 361 g/mol. The number of rotatable bonds is 4. The Labute approximate surface area is 126 Å². The lowest BCUT2D eigenvalue weighted by Crippen LogP contribution is -2.15. The van der Waals surface area contributed by atoms with E-state index >= 15 is 0 Å². The Kier molecular flexibility index (Phi) is 4.39. The molecule has 2 aromatic rings. The van der Waals surface area contributed by atoms with E-state index in [0.29, 0.717) is 6.07 Å². The molecule has 0 fully saturated rings. The third-order valence-corrected chi connectivity index (χ3v) is 4.52. The topological polar surface area (TPSA) is 55.1 Å². The molecule has 1 aromatic heterocycles. The number of halogens is 3. The van der Waals surface area contributed by atoms with Gasteiger partial charge in [-0.1, -0.05) is 0 Å². The second kappa shape index (κ2) is 5.88. The smallest absolute Gasteiger partial charge is 0.251 e. The second-order valence-electron chi connectivity index (χ2n) is 4.18. The van der Waals surface area contributed by atoms with Crippen molar-refractivity contribution >= 4 is 38.9 Å². The van der Waals surface area contributed by atoms with Crippen LogP contribution in [-0.2, 0) is 0 Å². The van der Waals surface area contributed by atoms with Gasteiger partial charge in [-0.25, -0.2) is 8.78 Å². The maximum absolute atomic E-state index is 13.7. The summed E-state index contributed by atoms with van der Waals surface area (Å²) in [6, 6.07) is 5.33. The molecule has 1 heterocycles. The minimum absolute atomic E-state index is 0.0391. The third-order valence-electron chi connectivity index (χ3n) is 2.71. The van der Waals surface area contributed by atoms with Crippen molar-refractivity contribution < 1.29 is 13.6 Å². The first-order chi connectivity index (χ1) is 9.38. The van der Waals surface area contributed by atoms with Crippen LogP contribution in [0.2, 0.25) is 0 Å². The fraction of sp³-hybridized carbons (Fsp3) is 0.154. The Morgan fingerprint density at radius 3 is 2.60 bits per heavy atom. The van der Waals surface area contributed by atoms with Crippen LogP contribution in [0.5, 0.6) is 0 Å². The summed E-state index contributed by atoms with van der Waals surface area (Å²) in [5.74, 6) is -2.67. The average Bonchev–Trinajstić information content (AvgIpc) is 2.79. The van der Waals surface area contributed by atoms with Crippen LogP contribution < -0.4 is 11.1 Å². The molecule has 2 rings (SSSR count). The maximum atomic E-state index is 13.7. The first-order valence-corrected chi connectivity index (χ1v) is 7.30. The molecule has 1 atom stereocenters. The van der Waals surface area contributed by atoms with Crippen LogP contribution in [0.4, 0.5) is 14.5 Å². The number of hydrogen-bond donors (Lipinski definition) is 2. The molecule has 0 aliphatic rings. The number of nitrogens with two attached hydrogens (primary N) is 1. The zero-order chi connectivity index (χ0) is 14.9. The lowest BCUT2D eigenvalue weighted by molar-refractivity contribution is 0.0996. The summed E-state index contributed by atoms with van der Waals surface area (Å²) in [4.78, 5) is 12.0. The van der Waals surface area contributed by atoms with Gasteiger partial charge in [0.15, 0.2) is 0 Å². The molecule has 0 radical (unpaired) electrons. The van der Waals surface area contributed by atoms with Gasteiger partial charge >= 0.3 is 0 Å².